The highest BCUT2D eigenvalue weighted by Crippen LogP contribution is 2.35. The Balaban J connectivity index is 1.53. The van der Waals surface area contributed by atoms with E-state index in [1.165, 1.54) is 5.56 Å². The zero-order valence-corrected chi connectivity index (χ0v) is 23.2. The second kappa shape index (κ2) is 11.0. The van der Waals surface area contributed by atoms with Crippen LogP contribution in [0.5, 0.6) is 0 Å². The third kappa shape index (κ3) is 5.68. The van der Waals surface area contributed by atoms with E-state index < -0.39 is 0 Å². The zero-order chi connectivity index (χ0) is 28.3. The van der Waals surface area contributed by atoms with E-state index in [1.807, 2.05) is 49.5 Å². The van der Waals surface area contributed by atoms with Crippen LogP contribution in [0.1, 0.15) is 5.56 Å². The lowest BCUT2D eigenvalue weighted by atomic mass is 9.95. The van der Waals surface area contributed by atoms with Crippen molar-refractivity contribution in [2.24, 2.45) is 0 Å². The summed E-state index contributed by atoms with van der Waals surface area (Å²) in [6.07, 6.45) is 0. The summed E-state index contributed by atoms with van der Waals surface area (Å²) in [6, 6.07) is 43.8. The van der Waals surface area contributed by atoms with Crippen LogP contribution in [-0.4, -0.2) is 12.0 Å². The predicted octanol–water partition coefficient (Wildman–Crippen LogP) is 8.93. The first-order valence-corrected chi connectivity index (χ1v) is 13.7. The first-order valence-electron chi connectivity index (χ1n) is 13.7. The summed E-state index contributed by atoms with van der Waals surface area (Å²) in [5, 5.41) is 3.24. The van der Waals surface area contributed by atoms with Crippen LogP contribution >= 0.6 is 0 Å². The Labute approximate surface area is 241 Å². The van der Waals surface area contributed by atoms with Gasteiger partial charge in [-0.1, -0.05) is 60.7 Å². The van der Waals surface area contributed by atoms with Crippen LogP contribution in [-0.2, 0) is 0 Å². The summed E-state index contributed by atoms with van der Waals surface area (Å²) in [5.41, 5.74) is 26.5. The van der Waals surface area contributed by atoms with Crippen LogP contribution in [0.15, 0.2) is 127 Å². The monoisotopic (exact) mass is 532 g/mol. The molecule has 0 radical (unpaired) electrons. The van der Waals surface area contributed by atoms with Crippen LogP contribution in [0.4, 0.5) is 17.1 Å². The second-order valence-corrected chi connectivity index (χ2v) is 10.4. The van der Waals surface area contributed by atoms with Gasteiger partial charge in [0.1, 0.15) is 0 Å². The van der Waals surface area contributed by atoms with Crippen LogP contribution in [0.3, 0.4) is 0 Å². The van der Waals surface area contributed by atoms with Crippen LogP contribution < -0.4 is 16.8 Å². The van der Waals surface area contributed by atoms with Gasteiger partial charge < -0.3 is 16.8 Å². The van der Waals surface area contributed by atoms with Crippen LogP contribution in [0, 0.1) is 6.92 Å². The summed E-state index contributed by atoms with van der Waals surface area (Å²) in [4.78, 5) is 5.21. The largest absolute Gasteiger partial charge is 0.399 e. The maximum absolute atomic E-state index is 6.43. The number of pyridine rings is 1. The molecule has 0 bridgehead atoms. The Kier molecular flexibility index (Phi) is 6.97. The van der Waals surface area contributed by atoms with Gasteiger partial charge in [0.15, 0.2) is 0 Å². The Hall–Kier alpha value is -5.35. The van der Waals surface area contributed by atoms with Crippen molar-refractivity contribution in [2.45, 2.75) is 6.92 Å². The van der Waals surface area contributed by atoms with Crippen LogP contribution in [0.2, 0.25) is 0 Å². The van der Waals surface area contributed by atoms with Gasteiger partial charge in [0.2, 0.25) is 0 Å². The van der Waals surface area contributed by atoms with Gasteiger partial charge in [0, 0.05) is 35.2 Å². The second-order valence-electron chi connectivity index (χ2n) is 10.4. The molecule has 4 nitrogen and oxygen atoms in total. The van der Waals surface area contributed by atoms with Crippen molar-refractivity contribution in [1.29, 1.82) is 0 Å². The van der Waals surface area contributed by atoms with E-state index in [1.54, 1.807) is 0 Å². The third-order valence-electron chi connectivity index (χ3n) is 7.26. The maximum Gasteiger partial charge on any atom is 0.0716 e. The molecule has 0 atom stereocenters. The number of nitrogens with one attached hydrogen (secondary N) is 1. The lowest BCUT2D eigenvalue weighted by Crippen LogP contribution is -1.95. The number of hydrogen-bond acceptors (Lipinski definition) is 4. The molecule has 5 N–H and O–H groups in total. The number of aromatic nitrogens is 1. The fourth-order valence-corrected chi connectivity index (χ4v) is 5.26. The molecule has 4 heteroatoms. The minimum absolute atomic E-state index is 0.677. The summed E-state index contributed by atoms with van der Waals surface area (Å²) in [7, 11) is 1.94. The van der Waals surface area contributed by atoms with Crippen molar-refractivity contribution < 1.29 is 0 Å². The van der Waals surface area contributed by atoms with E-state index in [0.29, 0.717) is 11.4 Å². The van der Waals surface area contributed by atoms with Crippen molar-refractivity contribution in [3.05, 3.63) is 133 Å². The van der Waals surface area contributed by atoms with Gasteiger partial charge >= 0.3 is 0 Å². The highest BCUT2D eigenvalue weighted by atomic mass is 14.8. The Morgan fingerprint density at radius 1 is 0.463 bits per heavy atom. The molecule has 41 heavy (non-hydrogen) atoms. The highest BCUT2D eigenvalue weighted by Gasteiger charge is 2.13. The molecule has 1 aromatic heterocycles. The molecular formula is C37H32N4. The lowest BCUT2D eigenvalue weighted by Gasteiger charge is -2.14. The standard InChI is InChI=1S/C37H32N4/c1-24-14-28(27-11-7-13-35(21-27)40-2)16-31(15-24)36-22-30(25-8-4-3-5-9-25)23-37(41-36)32-17-29(19-34(39)20-32)26-10-6-12-33(38)18-26/h3-23,40H,38-39H2,1-2H3. The number of aryl methyl sites for hydroxylation is 1. The summed E-state index contributed by atoms with van der Waals surface area (Å²) < 4.78 is 0. The first-order chi connectivity index (χ1) is 19.9. The summed E-state index contributed by atoms with van der Waals surface area (Å²) >= 11 is 0. The van der Waals surface area contributed by atoms with Gasteiger partial charge in [-0.15, -0.1) is 0 Å². The smallest absolute Gasteiger partial charge is 0.0716 e. The Morgan fingerprint density at radius 3 is 1.71 bits per heavy atom. The van der Waals surface area contributed by atoms with Crippen molar-refractivity contribution in [1.82, 2.24) is 4.98 Å². The van der Waals surface area contributed by atoms with E-state index in [-0.39, 0.29) is 0 Å². The molecule has 0 amide bonds. The highest BCUT2D eigenvalue weighted by molar-refractivity contribution is 5.83. The molecule has 0 unspecified atom stereocenters. The minimum Gasteiger partial charge on any atom is -0.399 e. The molecule has 6 rings (SSSR count). The van der Waals surface area contributed by atoms with E-state index in [4.69, 9.17) is 16.5 Å². The number of hydrogen-bond donors (Lipinski definition) is 3. The van der Waals surface area contributed by atoms with E-state index in [9.17, 15) is 0 Å². The molecule has 0 spiro atoms. The minimum atomic E-state index is 0.677. The van der Waals surface area contributed by atoms with Gasteiger partial charge in [-0.3, -0.25) is 0 Å². The Bertz CT molecular complexity index is 1860. The normalized spacial score (nSPS) is 10.9. The van der Waals surface area contributed by atoms with Crippen molar-refractivity contribution in [3.8, 4) is 55.9 Å². The fourth-order valence-electron chi connectivity index (χ4n) is 5.26. The molecular weight excluding hydrogens is 500 g/mol. The molecule has 0 aliphatic rings. The fraction of sp³-hybridized carbons (Fsp3) is 0.0541. The molecule has 200 valence electrons. The average molecular weight is 533 g/mol. The van der Waals surface area contributed by atoms with Gasteiger partial charge in [0.05, 0.1) is 11.4 Å². The summed E-state index contributed by atoms with van der Waals surface area (Å²) in [5.74, 6) is 0. The van der Waals surface area contributed by atoms with Gasteiger partial charge in [-0.25, -0.2) is 4.98 Å². The predicted molar refractivity (Wildman–Crippen MR) is 175 cm³/mol. The average Bonchev–Trinajstić information content (AvgIpc) is 3.00. The summed E-state index contributed by atoms with van der Waals surface area (Å²) in [6.45, 7) is 2.13. The quantitative estimate of drug-likeness (QED) is 0.187. The number of nitrogen functional groups attached to an aromatic ring is 2. The molecule has 0 aliphatic carbocycles. The van der Waals surface area contributed by atoms with Crippen LogP contribution in [0.25, 0.3) is 55.9 Å². The molecule has 0 saturated carbocycles. The SMILES string of the molecule is CNc1cccc(-c2cc(C)cc(-c3cc(-c4ccccc4)cc(-c4cc(N)cc(-c5cccc(N)c5)c4)n3)c2)c1. The van der Waals surface area contributed by atoms with Crippen molar-refractivity contribution >= 4 is 17.1 Å². The van der Waals surface area contributed by atoms with E-state index in [0.717, 1.165) is 61.6 Å². The zero-order valence-electron chi connectivity index (χ0n) is 23.2. The molecule has 0 aliphatic heterocycles. The lowest BCUT2D eigenvalue weighted by molar-refractivity contribution is 1.31. The molecule has 6 aromatic rings. The van der Waals surface area contributed by atoms with E-state index >= 15 is 0 Å². The van der Waals surface area contributed by atoms with Gasteiger partial charge in [-0.05, 0) is 113 Å². The third-order valence-corrected chi connectivity index (χ3v) is 7.26. The number of anilines is 3. The molecule has 0 saturated heterocycles. The van der Waals surface area contributed by atoms with Gasteiger partial charge in [0.25, 0.3) is 0 Å². The number of rotatable bonds is 6. The van der Waals surface area contributed by atoms with Gasteiger partial charge in [-0.2, -0.15) is 0 Å². The first kappa shape index (κ1) is 25.9. The molecule has 5 aromatic carbocycles. The van der Waals surface area contributed by atoms with Crippen molar-refractivity contribution in [2.75, 3.05) is 23.8 Å². The molecule has 1 heterocycles. The molecule has 0 fully saturated rings. The Morgan fingerprint density at radius 2 is 1.00 bits per heavy atom. The number of nitrogens with two attached hydrogens (primary N) is 2. The maximum atomic E-state index is 6.43. The van der Waals surface area contributed by atoms with E-state index in [2.05, 4.69) is 97.2 Å². The number of nitrogens with zero attached hydrogens (tertiary/aromatic N) is 1. The number of benzene rings is 5. The van der Waals surface area contributed by atoms with Crippen molar-refractivity contribution in [3.63, 3.8) is 0 Å². The topological polar surface area (TPSA) is 77.0 Å².